The molecule has 1 aromatic rings. The highest BCUT2D eigenvalue weighted by Gasteiger charge is 2.29. The highest BCUT2D eigenvalue weighted by atomic mass is 35.5. The maximum Gasteiger partial charge on any atom is 0.416 e. The Labute approximate surface area is 121 Å². The predicted octanol–water partition coefficient (Wildman–Crippen LogP) is 3.77. The fourth-order valence-corrected chi connectivity index (χ4v) is 1.74. The van der Waals surface area contributed by atoms with Crippen LogP contribution in [-0.2, 0) is 17.4 Å². The Balaban J connectivity index is 2.43. The summed E-state index contributed by atoms with van der Waals surface area (Å²) in [7, 11) is 0. The van der Waals surface area contributed by atoms with Gasteiger partial charge < -0.3 is 5.32 Å². The fourth-order valence-electron chi connectivity index (χ4n) is 1.63. The van der Waals surface area contributed by atoms with E-state index in [4.69, 9.17) is 11.6 Å². The van der Waals surface area contributed by atoms with Crippen molar-refractivity contribution in [2.75, 3.05) is 6.54 Å². The summed E-state index contributed by atoms with van der Waals surface area (Å²) in [6.07, 6.45) is -2.78. The Kier molecular flexibility index (Phi) is 6.33. The van der Waals surface area contributed by atoms with Gasteiger partial charge in [-0.3, -0.25) is 4.79 Å². The van der Waals surface area contributed by atoms with Crippen LogP contribution in [0.2, 0.25) is 0 Å². The molecule has 1 aromatic carbocycles. The van der Waals surface area contributed by atoms with Gasteiger partial charge in [0.2, 0.25) is 5.91 Å². The Bertz CT molecular complexity index is 431. The smallest absolute Gasteiger partial charge is 0.356 e. The van der Waals surface area contributed by atoms with E-state index in [9.17, 15) is 18.0 Å². The van der Waals surface area contributed by atoms with E-state index in [2.05, 4.69) is 5.32 Å². The molecule has 0 spiro atoms. The van der Waals surface area contributed by atoms with Crippen LogP contribution in [-0.4, -0.2) is 17.8 Å². The number of rotatable bonds is 6. The van der Waals surface area contributed by atoms with Crippen molar-refractivity contribution in [2.45, 2.75) is 37.7 Å². The van der Waals surface area contributed by atoms with Crippen molar-refractivity contribution < 1.29 is 18.0 Å². The number of hydrogen-bond donors (Lipinski definition) is 1. The fraction of sp³-hybridized carbons (Fsp3) is 0.500. The minimum Gasteiger partial charge on any atom is -0.356 e. The zero-order chi connectivity index (χ0) is 15.2. The number of benzene rings is 1. The van der Waals surface area contributed by atoms with Crippen molar-refractivity contribution in [3.05, 3.63) is 35.4 Å². The van der Waals surface area contributed by atoms with Crippen molar-refractivity contribution in [3.8, 4) is 0 Å². The van der Waals surface area contributed by atoms with Crippen LogP contribution in [0.15, 0.2) is 24.3 Å². The Hall–Kier alpha value is -1.23. The molecule has 1 rings (SSSR count). The van der Waals surface area contributed by atoms with Gasteiger partial charge in [0, 0.05) is 11.9 Å². The average Bonchev–Trinajstić information content (AvgIpc) is 2.38. The van der Waals surface area contributed by atoms with Crippen LogP contribution < -0.4 is 5.32 Å². The molecule has 2 nitrogen and oxygen atoms in total. The van der Waals surface area contributed by atoms with Crippen LogP contribution in [0.5, 0.6) is 0 Å². The highest BCUT2D eigenvalue weighted by molar-refractivity contribution is 6.20. The first kappa shape index (κ1) is 16.8. The van der Waals surface area contributed by atoms with Gasteiger partial charge in [-0.25, -0.2) is 0 Å². The average molecular weight is 308 g/mol. The van der Waals surface area contributed by atoms with Crippen LogP contribution in [0, 0.1) is 0 Å². The van der Waals surface area contributed by atoms with Gasteiger partial charge in [0.05, 0.1) is 12.0 Å². The number of amides is 1. The topological polar surface area (TPSA) is 29.1 Å². The largest absolute Gasteiger partial charge is 0.416 e. The Morgan fingerprint density at radius 2 is 1.90 bits per heavy atom. The van der Waals surface area contributed by atoms with E-state index in [0.29, 0.717) is 18.5 Å². The summed E-state index contributed by atoms with van der Waals surface area (Å²) in [6.45, 7) is 2.43. The lowest BCUT2D eigenvalue weighted by atomic mass is 10.1. The van der Waals surface area contributed by atoms with Gasteiger partial charge in [0.1, 0.15) is 0 Å². The van der Waals surface area contributed by atoms with Gasteiger partial charge in [0.15, 0.2) is 0 Å². The lowest BCUT2D eigenvalue weighted by Gasteiger charge is -2.09. The molecule has 0 aliphatic carbocycles. The number of alkyl halides is 4. The van der Waals surface area contributed by atoms with E-state index in [0.717, 1.165) is 18.6 Å². The minimum atomic E-state index is -4.35. The van der Waals surface area contributed by atoms with Gasteiger partial charge in [0.25, 0.3) is 0 Å². The Morgan fingerprint density at radius 3 is 2.40 bits per heavy atom. The van der Waals surface area contributed by atoms with Crippen molar-refractivity contribution in [1.82, 2.24) is 5.32 Å². The second-order valence-corrected chi connectivity index (χ2v) is 5.13. The molecule has 0 saturated carbocycles. The highest BCUT2D eigenvalue weighted by Crippen LogP contribution is 2.29. The van der Waals surface area contributed by atoms with Crippen molar-refractivity contribution in [1.29, 1.82) is 0 Å². The van der Waals surface area contributed by atoms with Gasteiger partial charge in [-0.1, -0.05) is 19.1 Å². The molecule has 0 aliphatic heterocycles. The first-order valence-electron chi connectivity index (χ1n) is 6.39. The molecule has 0 bridgehead atoms. The molecule has 0 fully saturated rings. The van der Waals surface area contributed by atoms with E-state index in [1.807, 2.05) is 6.92 Å². The molecule has 0 aromatic heterocycles. The van der Waals surface area contributed by atoms with Gasteiger partial charge in [-0.15, -0.1) is 11.6 Å². The molecule has 6 heteroatoms. The molecule has 1 atom stereocenters. The monoisotopic (exact) mass is 307 g/mol. The van der Waals surface area contributed by atoms with Crippen LogP contribution >= 0.6 is 11.6 Å². The van der Waals surface area contributed by atoms with Gasteiger partial charge in [-0.2, -0.15) is 13.2 Å². The normalized spacial score (nSPS) is 13.1. The SMILES string of the molecule is CCC(Cl)CCNC(=O)Cc1ccc(C(F)(F)F)cc1. The third-order valence-electron chi connectivity index (χ3n) is 2.87. The molecule has 1 unspecified atom stereocenters. The number of carbonyl (C=O) groups excluding carboxylic acids is 1. The minimum absolute atomic E-state index is 0.0290. The second-order valence-electron chi connectivity index (χ2n) is 4.52. The summed E-state index contributed by atoms with van der Waals surface area (Å²) in [5, 5.41) is 2.72. The van der Waals surface area contributed by atoms with Crippen molar-refractivity contribution in [3.63, 3.8) is 0 Å². The molecule has 0 aliphatic rings. The van der Waals surface area contributed by atoms with E-state index < -0.39 is 11.7 Å². The van der Waals surface area contributed by atoms with Crippen LogP contribution in [0.3, 0.4) is 0 Å². The summed E-state index contributed by atoms with van der Waals surface area (Å²) < 4.78 is 37.1. The quantitative estimate of drug-likeness (QED) is 0.796. The zero-order valence-corrected chi connectivity index (χ0v) is 11.9. The maximum absolute atomic E-state index is 12.4. The first-order valence-corrected chi connectivity index (χ1v) is 6.83. The second kappa shape index (κ2) is 7.53. The maximum atomic E-state index is 12.4. The van der Waals surface area contributed by atoms with E-state index in [1.165, 1.54) is 12.1 Å². The number of nitrogens with one attached hydrogen (secondary N) is 1. The van der Waals surface area contributed by atoms with Gasteiger partial charge in [-0.05, 0) is 30.5 Å². The van der Waals surface area contributed by atoms with Crippen LogP contribution in [0.1, 0.15) is 30.9 Å². The van der Waals surface area contributed by atoms with Crippen molar-refractivity contribution in [2.24, 2.45) is 0 Å². The molecule has 20 heavy (non-hydrogen) atoms. The molecule has 0 radical (unpaired) electrons. The molecular weight excluding hydrogens is 291 g/mol. The van der Waals surface area contributed by atoms with Gasteiger partial charge >= 0.3 is 6.18 Å². The first-order chi connectivity index (χ1) is 9.32. The Morgan fingerprint density at radius 1 is 1.30 bits per heavy atom. The summed E-state index contributed by atoms with van der Waals surface area (Å²) >= 11 is 5.91. The molecule has 1 N–H and O–H groups in total. The molecule has 0 saturated heterocycles. The molecule has 0 heterocycles. The summed E-state index contributed by atoms with van der Waals surface area (Å²) in [5.74, 6) is -0.218. The van der Waals surface area contributed by atoms with E-state index in [-0.39, 0.29) is 17.7 Å². The summed E-state index contributed by atoms with van der Waals surface area (Å²) in [5.41, 5.74) is -0.164. The third kappa shape index (κ3) is 5.82. The number of halogens is 4. The number of hydrogen-bond acceptors (Lipinski definition) is 1. The van der Waals surface area contributed by atoms with Crippen LogP contribution in [0.4, 0.5) is 13.2 Å². The summed E-state index contributed by atoms with van der Waals surface area (Å²) in [4.78, 5) is 11.6. The van der Waals surface area contributed by atoms with Crippen molar-refractivity contribution >= 4 is 17.5 Å². The standard InChI is InChI=1S/C14H17ClF3NO/c1-2-12(15)7-8-19-13(20)9-10-3-5-11(6-4-10)14(16,17)18/h3-6,12H,2,7-9H2,1H3,(H,19,20). The van der Waals surface area contributed by atoms with Crippen LogP contribution in [0.25, 0.3) is 0 Å². The van der Waals surface area contributed by atoms with E-state index in [1.54, 1.807) is 0 Å². The predicted molar refractivity (Wildman–Crippen MR) is 72.7 cm³/mol. The molecule has 112 valence electrons. The molecule has 1 amide bonds. The third-order valence-corrected chi connectivity index (χ3v) is 3.40. The summed E-state index contributed by atoms with van der Waals surface area (Å²) in [6, 6.07) is 4.60. The van der Waals surface area contributed by atoms with E-state index >= 15 is 0 Å². The zero-order valence-electron chi connectivity index (χ0n) is 11.1. The number of carbonyl (C=O) groups is 1. The molecular formula is C14H17ClF3NO. The lowest BCUT2D eigenvalue weighted by Crippen LogP contribution is -2.27. The lowest BCUT2D eigenvalue weighted by molar-refractivity contribution is -0.137.